The van der Waals surface area contributed by atoms with Crippen LogP contribution < -0.4 is 10.6 Å². The Balaban J connectivity index is 1.45. The van der Waals surface area contributed by atoms with Crippen LogP contribution in [0, 0.1) is 5.41 Å². The van der Waals surface area contributed by atoms with E-state index in [0.29, 0.717) is 16.8 Å². The van der Waals surface area contributed by atoms with E-state index in [-0.39, 0.29) is 6.54 Å². The van der Waals surface area contributed by atoms with Gasteiger partial charge in [-0.25, -0.2) is 9.37 Å². The van der Waals surface area contributed by atoms with Crippen molar-refractivity contribution in [3.63, 3.8) is 0 Å². The van der Waals surface area contributed by atoms with Crippen molar-refractivity contribution in [2.24, 2.45) is 5.41 Å². The predicted molar refractivity (Wildman–Crippen MR) is 90.4 cm³/mol. The Kier molecular flexibility index (Phi) is 2.86. The van der Waals surface area contributed by atoms with E-state index in [1.165, 1.54) is 0 Å². The summed E-state index contributed by atoms with van der Waals surface area (Å²) in [5, 5.41) is 17.1. The lowest BCUT2D eigenvalue weighted by atomic mass is 9.54. The topological polar surface area (TPSA) is 57.2 Å². The molecule has 0 amide bonds. The number of anilines is 1. The van der Waals surface area contributed by atoms with Gasteiger partial charge >= 0.3 is 0 Å². The van der Waals surface area contributed by atoms with Gasteiger partial charge in [0.15, 0.2) is 0 Å². The highest BCUT2D eigenvalue weighted by molar-refractivity contribution is 5.74. The maximum Gasteiger partial charge on any atom is 0.146 e. The number of hydrogen-bond donors (Lipinski definition) is 3. The van der Waals surface area contributed by atoms with Gasteiger partial charge in [0.25, 0.3) is 0 Å². The molecule has 1 atom stereocenters. The molecule has 1 saturated carbocycles. The van der Waals surface area contributed by atoms with Crippen molar-refractivity contribution in [1.29, 1.82) is 0 Å². The van der Waals surface area contributed by atoms with Gasteiger partial charge in [-0.3, -0.25) is 0 Å². The van der Waals surface area contributed by atoms with E-state index in [1.807, 2.05) is 30.3 Å². The summed E-state index contributed by atoms with van der Waals surface area (Å²) in [5.74, 6) is 0.640. The third kappa shape index (κ3) is 1.95. The van der Waals surface area contributed by atoms with Gasteiger partial charge in [-0.2, -0.15) is 0 Å². The molecule has 0 radical (unpaired) electrons. The Morgan fingerprint density at radius 2 is 1.88 bits per heavy atom. The Labute approximate surface area is 140 Å². The van der Waals surface area contributed by atoms with Crippen LogP contribution >= 0.6 is 0 Å². The number of halogens is 1. The van der Waals surface area contributed by atoms with Crippen LogP contribution in [-0.4, -0.2) is 29.7 Å². The molecule has 1 unspecified atom stereocenters. The van der Waals surface area contributed by atoms with Crippen molar-refractivity contribution in [2.75, 3.05) is 25.0 Å². The third-order valence-corrected chi connectivity index (χ3v) is 5.82. The molecule has 1 aliphatic carbocycles. The molecule has 1 spiro atoms. The van der Waals surface area contributed by atoms with E-state index in [2.05, 4.69) is 15.6 Å². The highest BCUT2D eigenvalue weighted by atomic mass is 19.1. The van der Waals surface area contributed by atoms with Gasteiger partial charge in [0.2, 0.25) is 0 Å². The van der Waals surface area contributed by atoms with Crippen molar-refractivity contribution >= 4 is 5.82 Å². The van der Waals surface area contributed by atoms with Crippen molar-refractivity contribution in [3.05, 3.63) is 47.7 Å². The number of nitrogens with zero attached hydrogens (tertiary/aromatic N) is 1. The number of nitrogens with one attached hydrogen (secondary N) is 2. The fourth-order valence-electron chi connectivity index (χ4n) is 4.55. The van der Waals surface area contributed by atoms with Crippen molar-refractivity contribution < 1.29 is 9.50 Å². The van der Waals surface area contributed by atoms with Gasteiger partial charge in [-0.1, -0.05) is 24.3 Å². The van der Waals surface area contributed by atoms with Gasteiger partial charge in [-0.15, -0.1) is 0 Å². The van der Waals surface area contributed by atoms with Crippen LogP contribution in [0.2, 0.25) is 0 Å². The van der Waals surface area contributed by atoms with Gasteiger partial charge in [0.1, 0.15) is 12.0 Å². The molecule has 2 fully saturated rings. The van der Waals surface area contributed by atoms with Crippen LogP contribution in [0.5, 0.6) is 0 Å². The van der Waals surface area contributed by atoms with Crippen molar-refractivity contribution in [3.8, 4) is 11.1 Å². The Hall–Kier alpha value is -1.98. The van der Waals surface area contributed by atoms with E-state index in [4.69, 9.17) is 0 Å². The maximum absolute atomic E-state index is 14.2. The fraction of sp³-hybridized carbons (Fsp3) is 0.421. The Morgan fingerprint density at radius 3 is 2.54 bits per heavy atom. The normalized spacial score (nSPS) is 25.5. The molecule has 1 aromatic heterocycles. The highest BCUT2D eigenvalue weighted by Gasteiger charge is 2.57. The zero-order valence-electron chi connectivity index (χ0n) is 13.3. The van der Waals surface area contributed by atoms with E-state index < -0.39 is 11.8 Å². The summed E-state index contributed by atoms with van der Waals surface area (Å²) in [7, 11) is 0. The largest absolute Gasteiger partial charge is 0.385 e. The second-order valence-electron chi connectivity index (χ2n) is 7.54. The van der Waals surface area contributed by atoms with Gasteiger partial charge in [0.05, 0.1) is 12.1 Å². The first-order valence-electron chi connectivity index (χ1n) is 8.50. The standard InChI is InChI=1S/C19H20FN3O/c20-15-7-23-17-16(15)14(5-6-22-17)12-1-3-13(4-2-12)19(24)8-18(9-19)10-21-11-18/h1-6,15,21,24H,7-11H2,(H,22,23). The summed E-state index contributed by atoms with van der Waals surface area (Å²) in [6.07, 6.45) is 2.34. The maximum atomic E-state index is 14.2. The van der Waals surface area contributed by atoms with Gasteiger partial charge in [0, 0.05) is 30.3 Å². The van der Waals surface area contributed by atoms with E-state index in [1.54, 1.807) is 6.20 Å². The molecule has 1 saturated heterocycles. The molecule has 0 bridgehead atoms. The van der Waals surface area contributed by atoms with E-state index in [9.17, 15) is 9.50 Å². The quantitative estimate of drug-likeness (QED) is 0.795. The lowest BCUT2D eigenvalue weighted by Gasteiger charge is -2.59. The van der Waals surface area contributed by atoms with Crippen LogP contribution in [0.15, 0.2) is 36.5 Å². The molecule has 1 aromatic carbocycles. The molecule has 2 aliphatic heterocycles. The second-order valence-corrected chi connectivity index (χ2v) is 7.54. The number of rotatable bonds is 2. The van der Waals surface area contributed by atoms with Crippen LogP contribution in [0.1, 0.15) is 30.1 Å². The highest BCUT2D eigenvalue weighted by Crippen LogP contribution is 2.56. The smallest absolute Gasteiger partial charge is 0.146 e. The van der Waals surface area contributed by atoms with Gasteiger partial charge < -0.3 is 15.7 Å². The zero-order chi connectivity index (χ0) is 16.4. The predicted octanol–water partition coefficient (Wildman–Crippen LogP) is 2.76. The molecular formula is C19H20FN3O. The number of fused-ring (bicyclic) bond motifs is 1. The minimum absolute atomic E-state index is 0.285. The van der Waals surface area contributed by atoms with E-state index >= 15 is 0 Å². The minimum atomic E-state index is -1.02. The lowest BCUT2D eigenvalue weighted by Crippen LogP contribution is -2.65. The number of pyridine rings is 1. The average molecular weight is 325 g/mol. The zero-order valence-corrected chi connectivity index (χ0v) is 13.3. The monoisotopic (exact) mass is 325 g/mol. The Morgan fingerprint density at radius 1 is 1.12 bits per heavy atom. The molecule has 3 aliphatic rings. The summed E-state index contributed by atoms with van der Waals surface area (Å²) in [6.45, 7) is 2.32. The molecule has 124 valence electrons. The fourth-order valence-corrected chi connectivity index (χ4v) is 4.55. The number of aliphatic hydroxyl groups is 1. The summed E-state index contributed by atoms with van der Waals surface area (Å²) in [5.41, 5.74) is 3.06. The molecule has 4 nitrogen and oxygen atoms in total. The summed E-state index contributed by atoms with van der Waals surface area (Å²) in [6, 6.07) is 9.80. The number of benzene rings is 1. The second kappa shape index (κ2) is 4.77. The summed E-state index contributed by atoms with van der Waals surface area (Å²) >= 11 is 0. The van der Waals surface area contributed by atoms with E-state index in [0.717, 1.165) is 42.6 Å². The molecule has 2 aromatic rings. The molecule has 24 heavy (non-hydrogen) atoms. The SMILES string of the molecule is OC1(c2ccc(-c3ccnc4c3C(F)CN4)cc2)CC2(CNC2)C1. The lowest BCUT2D eigenvalue weighted by molar-refractivity contribution is -0.155. The number of alkyl halides is 1. The minimum Gasteiger partial charge on any atom is -0.385 e. The van der Waals surface area contributed by atoms with Crippen LogP contribution in [0.4, 0.5) is 10.2 Å². The third-order valence-electron chi connectivity index (χ3n) is 5.82. The summed E-state index contributed by atoms with van der Waals surface area (Å²) < 4.78 is 14.2. The van der Waals surface area contributed by atoms with Crippen LogP contribution in [0.25, 0.3) is 11.1 Å². The van der Waals surface area contributed by atoms with Crippen molar-refractivity contribution in [1.82, 2.24) is 10.3 Å². The molecule has 5 heteroatoms. The number of aromatic nitrogens is 1. The average Bonchev–Trinajstić information content (AvgIpc) is 2.92. The summed E-state index contributed by atoms with van der Waals surface area (Å²) in [4.78, 5) is 4.21. The first-order chi connectivity index (χ1) is 11.6. The molecule has 3 N–H and O–H groups in total. The van der Waals surface area contributed by atoms with Crippen LogP contribution in [0.3, 0.4) is 0 Å². The van der Waals surface area contributed by atoms with Crippen LogP contribution in [-0.2, 0) is 5.60 Å². The van der Waals surface area contributed by atoms with Crippen molar-refractivity contribution in [2.45, 2.75) is 24.6 Å². The molecule has 3 heterocycles. The van der Waals surface area contributed by atoms with Gasteiger partial charge in [-0.05, 0) is 35.6 Å². The first-order valence-corrected chi connectivity index (χ1v) is 8.50. The number of hydrogen-bond acceptors (Lipinski definition) is 4. The Bertz CT molecular complexity index is 793. The molecular weight excluding hydrogens is 305 g/mol. The molecule has 5 rings (SSSR count). The first kappa shape index (κ1) is 14.4.